The summed E-state index contributed by atoms with van der Waals surface area (Å²) in [5.74, 6) is 0.315. The van der Waals surface area contributed by atoms with E-state index in [4.69, 9.17) is 4.74 Å². The number of sulfonamides is 1. The summed E-state index contributed by atoms with van der Waals surface area (Å²) in [5.41, 5.74) is 0.876. The molecule has 1 N–H and O–H groups in total. The van der Waals surface area contributed by atoms with Gasteiger partial charge in [0, 0.05) is 33.1 Å². The Morgan fingerprint density at radius 3 is 2.24 bits per heavy atom. The zero-order chi connectivity index (χ0) is 25.1. The van der Waals surface area contributed by atoms with Gasteiger partial charge in [-0.3, -0.25) is 9.59 Å². The van der Waals surface area contributed by atoms with Crippen molar-refractivity contribution in [1.29, 1.82) is 0 Å². The highest BCUT2D eigenvalue weighted by Gasteiger charge is 2.28. The van der Waals surface area contributed by atoms with Crippen LogP contribution in [0.25, 0.3) is 0 Å². The van der Waals surface area contributed by atoms with Gasteiger partial charge in [0.1, 0.15) is 11.8 Å². The molecule has 0 aliphatic heterocycles. The van der Waals surface area contributed by atoms with Gasteiger partial charge in [0.25, 0.3) is 0 Å². The number of nitrogens with one attached hydrogen (secondary N) is 1. The van der Waals surface area contributed by atoms with Gasteiger partial charge < -0.3 is 15.0 Å². The highest BCUT2D eigenvalue weighted by atomic mass is 32.2. The lowest BCUT2D eigenvalue weighted by atomic mass is 10.1. The molecule has 2 aromatic rings. The zero-order valence-corrected chi connectivity index (χ0v) is 21.2. The molecule has 2 amide bonds. The standard InChI is InChI=1S/C25H35N3O5S/c1-5-23(25(30)26-6-2)28(19-20-14-16-21(33-4)17-15-20)24(29)13-10-18-27(3)34(31,32)22-11-8-7-9-12-22/h7-9,11-12,14-17,23H,5-6,10,13,18-19H2,1-4H3,(H,26,30)/t23-/m1/s1. The Hall–Kier alpha value is -2.91. The fraction of sp³-hybridized carbons (Fsp3) is 0.440. The molecular weight excluding hydrogens is 454 g/mol. The van der Waals surface area contributed by atoms with Gasteiger partial charge in [0.2, 0.25) is 21.8 Å². The molecule has 0 unspecified atom stereocenters. The zero-order valence-electron chi connectivity index (χ0n) is 20.4. The molecule has 34 heavy (non-hydrogen) atoms. The summed E-state index contributed by atoms with van der Waals surface area (Å²) in [4.78, 5) is 27.7. The summed E-state index contributed by atoms with van der Waals surface area (Å²) in [5, 5.41) is 2.81. The third kappa shape index (κ3) is 7.30. The first-order chi connectivity index (χ1) is 16.2. The fourth-order valence-electron chi connectivity index (χ4n) is 3.63. The molecule has 0 saturated heterocycles. The van der Waals surface area contributed by atoms with E-state index >= 15 is 0 Å². The van der Waals surface area contributed by atoms with E-state index in [9.17, 15) is 18.0 Å². The van der Waals surface area contributed by atoms with Crippen LogP contribution in [0.4, 0.5) is 0 Å². The van der Waals surface area contributed by atoms with Crippen LogP contribution in [0.3, 0.4) is 0 Å². The van der Waals surface area contributed by atoms with Gasteiger partial charge >= 0.3 is 0 Å². The highest BCUT2D eigenvalue weighted by molar-refractivity contribution is 7.89. The minimum atomic E-state index is -3.62. The van der Waals surface area contributed by atoms with Crippen LogP contribution in [0, 0.1) is 0 Å². The minimum Gasteiger partial charge on any atom is -0.497 e. The maximum atomic E-state index is 13.2. The monoisotopic (exact) mass is 489 g/mol. The summed E-state index contributed by atoms with van der Waals surface area (Å²) >= 11 is 0. The summed E-state index contributed by atoms with van der Waals surface area (Å²) in [6, 6.07) is 14.9. The van der Waals surface area contributed by atoms with Crippen LogP contribution >= 0.6 is 0 Å². The van der Waals surface area contributed by atoms with E-state index in [0.717, 1.165) is 5.56 Å². The normalized spacial score (nSPS) is 12.3. The van der Waals surface area contributed by atoms with Crippen molar-refractivity contribution in [2.24, 2.45) is 0 Å². The molecule has 2 rings (SSSR count). The van der Waals surface area contributed by atoms with Crippen molar-refractivity contribution in [2.75, 3.05) is 27.2 Å². The van der Waals surface area contributed by atoms with Crippen molar-refractivity contribution in [1.82, 2.24) is 14.5 Å². The predicted octanol–water partition coefficient (Wildman–Crippen LogP) is 3.04. The highest BCUT2D eigenvalue weighted by Crippen LogP contribution is 2.18. The molecule has 8 nitrogen and oxygen atoms in total. The van der Waals surface area contributed by atoms with Crippen LogP contribution in [0.2, 0.25) is 0 Å². The molecule has 9 heteroatoms. The average Bonchev–Trinajstić information content (AvgIpc) is 2.84. The molecule has 0 fully saturated rings. The van der Waals surface area contributed by atoms with Crippen molar-refractivity contribution in [3.63, 3.8) is 0 Å². The Morgan fingerprint density at radius 2 is 1.68 bits per heavy atom. The van der Waals surface area contributed by atoms with Crippen LogP contribution in [0.5, 0.6) is 5.75 Å². The Morgan fingerprint density at radius 1 is 1.03 bits per heavy atom. The molecule has 186 valence electrons. The van der Waals surface area contributed by atoms with Gasteiger partial charge in [-0.1, -0.05) is 37.3 Å². The molecule has 0 aliphatic carbocycles. The second-order valence-corrected chi connectivity index (χ2v) is 9.98. The Kier molecular flexibility index (Phi) is 10.5. The number of benzene rings is 2. The molecule has 0 spiro atoms. The largest absolute Gasteiger partial charge is 0.497 e. The third-order valence-corrected chi connectivity index (χ3v) is 7.44. The van der Waals surface area contributed by atoms with E-state index < -0.39 is 16.1 Å². The van der Waals surface area contributed by atoms with Crippen molar-refractivity contribution in [2.45, 2.75) is 50.6 Å². The van der Waals surface area contributed by atoms with Crippen LogP contribution in [-0.4, -0.2) is 62.7 Å². The van der Waals surface area contributed by atoms with Gasteiger partial charge in [-0.2, -0.15) is 0 Å². The number of methoxy groups -OCH3 is 1. The number of carbonyl (C=O) groups is 2. The maximum Gasteiger partial charge on any atom is 0.242 e. The van der Waals surface area contributed by atoms with E-state index in [0.29, 0.717) is 25.1 Å². The number of ether oxygens (including phenoxy) is 1. The topological polar surface area (TPSA) is 96.0 Å². The molecule has 1 atom stereocenters. The maximum absolute atomic E-state index is 13.2. The molecular formula is C25H35N3O5S. The second-order valence-electron chi connectivity index (χ2n) is 7.93. The van der Waals surface area contributed by atoms with Gasteiger partial charge in [-0.05, 0) is 49.6 Å². The average molecular weight is 490 g/mol. The van der Waals surface area contributed by atoms with Gasteiger partial charge in [-0.15, -0.1) is 0 Å². The number of rotatable bonds is 13. The quantitative estimate of drug-likeness (QED) is 0.467. The van der Waals surface area contributed by atoms with E-state index in [1.807, 2.05) is 38.1 Å². The molecule has 2 aromatic carbocycles. The summed E-state index contributed by atoms with van der Waals surface area (Å²) < 4.78 is 31.9. The number of hydrogen-bond acceptors (Lipinski definition) is 5. The summed E-state index contributed by atoms with van der Waals surface area (Å²) in [7, 11) is -0.531. The predicted molar refractivity (Wildman–Crippen MR) is 132 cm³/mol. The molecule has 0 saturated carbocycles. The Bertz CT molecular complexity index is 1030. The van der Waals surface area contributed by atoms with Crippen LogP contribution in [0.1, 0.15) is 38.7 Å². The van der Waals surface area contributed by atoms with Gasteiger partial charge in [-0.25, -0.2) is 12.7 Å². The van der Waals surface area contributed by atoms with Gasteiger partial charge in [0.15, 0.2) is 0 Å². The lowest BCUT2D eigenvalue weighted by Crippen LogP contribution is -2.49. The lowest BCUT2D eigenvalue weighted by Gasteiger charge is -2.31. The van der Waals surface area contributed by atoms with Crippen molar-refractivity contribution < 1.29 is 22.7 Å². The molecule has 0 heterocycles. The smallest absolute Gasteiger partial charge is 0.242 e. The van der Waals surface area contributed by atoms with Crippen molar-refractivity contribution in [3.05, 3.63) is 60.2 Å². The van der Waals surface area contributed by atoms with E-state index in [-0.39, 0.29) is 36.2 Å². The number of amides is 2. The van der Waals surface area contributed by atoms with E-state index in [1.54, 1.807) is 42.3 Å². The number of nitrogens with zero attached hydrogens (tertiary/aromatic N) is 2. The fourth-order valence-corrected chi connectivity index (χ4v) is 4.86. The molecule has 0 bridgehead atoms. The Labute approximate surface area is 202 Å². The van der Waals surface area contributed by atoms with Crippen molar-refractivity contribution in [3.8, 4) is 5.75 Å². The minimum absolute atomic E-state index is 0.126. The van der Waals surface area contributed by atoms with Crippen LogP contribution in [-0.2, 0) is 26.2 Å². The van der Waals surface area contributed by atoms with Crippen molar-refractivity contribution >= 4 is 21.8 Å². The number of likely N-dealkylation sites (N-methyl/N-ethyl adjacent to an activating group) is 1. The SMILES string of the molecule is CCNC(=O)[C@@H](CC)N(Cc1ccc(OC)cc1)C(=O)CCCN(C)S(=O)(=O)c1ccccc1. The molecule has 0 aromatic heterocycles. The Balaban J connectivity index is 2.11. The molecule has 0 aliphatic rings. The van der Waals surface area contributed by atoms with E-state index in [2.05, 4.69) is 5.32 Å². The van der Waals surface area contributed by atoms with Crippen LogP contribution < -0.4 is 10.1 Å². The van der Waals surface area contributed by atoms with Gasteiger partial charge in [0.05, 0.1) is 12.0 Å². The molecule has 0 radical (unpaired) electrons. The first-order valence-corrected chi connectivity index (χ1v) is 12.9. The first kappa shape index (κ1) is 27.3. The van der Waals surface area contributed by atoms with Crippen LogP contribution in [0.15, 0.2) is 59.5 Å². The first-order valence-electron chi connectivity index (χ1n) is 11.5. The van der Waals surface area contributed by atoms with E-state index in [1.165, 1.54) is 11.4 Å². The number of hydrogen-bond donors (Lipinski definition) is 1. The summed E-state index contributed by atoms with van der Waals surface area (Å²) in [6.07, 6.45) is 0.934. The number of carbonyl (C=O) groups excluding carboxylic acids is 2. The lowest BCUT2D eigenvalue weighted by molar-refractivity contribution is -0.141. The third-order valence-electron chi connectivity index (χ3n) is 5.56. The second kappa shape index (κ2) is 13.1. The summed E-state index contributed by atoms with van der Waals surface area (Å²) in [6.45, 7) is 4.65.